The maximum Gasteiger partial charge on any atom is 0.292 e. The van der Waals surface area contributed by atoms with E-state index in [-0.39, 0.29) is 17.9 Å². The second kappa shape index (κ2) is 6.38. The van der Waals surface area contributed by atoms with Gasteiger partial charge in [-0.05, 0) is 54.7 Å². The summed E-state index contributed by atoms with van der Waals surface area (Å²) in [4.78, 5) is 32.3. The summed E-state index contributed by atoms with van der Waals surface area (Å²) in [6, 6.07) is 3.93. The van der Waals surface area contributed by atoms with Gasteiger partial charge >= 0.3 is 0 Å². The molecule has 5 rings (SSSR count). The van der Waals surface area contributed by atoms with Crippen LogP contribution in [0, 0.1) is 5.92 Å². The molecule has 0 unspecified atom stereocenters. The van der Waals surface area contributed by atoms with Crippen molar-refractivity contribution < 1.29 is 9.59 Å². The van der Waals surface area contributed by atoms with E-state index in [9.17, 15) is 9.59 Å². The summed E-state index contributed by atoms with van der Waals surface area (Å²) in [7, 11) is 1.69. The molecule has 6 nitrogen and oxygen atoms in total. The first-order valence-corrected chi connectivity index (χ1v) is 9.56. The Balaban J connectivity index is 1.74. The van der Waals surface area contributed by atoms with Crippen LogP contribution in [0.25, 0.3) is 10.1 Å². The monoisotopic (exact) mass is 358 g/mol. The number of amides is 2. The number of hydrogen-bond donors (Lipinski definition) is 0. The Kier molecular flexibility index (Phi) is 4.21. The average molecular weight is 358 g/mol. The fraction of sp³-hybridized carbons (Fsp3) is 0.500. The molecule has 0 N–H and O–H groups in total. The zero-order valence-electron chi connectivity index (χ0n) is 14.5. The van der Waals surface area contributed by atoms with Crippen LogP contribution in [0.3, 0.4) is 0 Å². The summed E-state index contributed by atoms with van der Waals surface area (Å²) in [6.07, 6.45) is 3.83. The van der Waals surface area contributed by atoms with Crippen molar-refractivity contribution in [3.63, 3.8) is 0 Å². The van der Waals surface area contributed by atoms with Gasteiger partial charge in [0.25, 0.3) is 5.91 Å². The van der Waals surface area contributed by atoms with E-state index in [4.69, 9.17) is 0 Å². The van der Waals surface area contributed by atoms with Gasteiger partial charge in [0, 0.05) is 26.7 Å². The van der Waals surface area contributed by atoms with E-state index in [1.165, 1.54) is 23.3 Å². The highest BCUT2D eigenvalue weighted by Crippen LogP contribution is 2.33. The standard InChI is InChI=1S/C18H22N4O2S/c1-12(23)20(2)22(15-11-21-8-4-13(15)5-9-21)18(24)16-17-14(3-7-19-16)6-10-25-17/h3,6-7,10,13,15H,4-5,8-9,11H2,1-2H3/t15-/m0/s1. The molecule has 3 aliphatic rings. The van der Waals surface area contributed by atoms with Crippen LogP contribution >= 0.6 is 11.3 Å². The van der Waals surface area contributed by atoms with Crippen molar-refractivity contribution in [3.8, 4) is 0 Å². The van der Waals surface area contributed by atoms with Gasteiger partial charge in [-0.25, -0.2) is 9.99 Å². The van der Waals surface area contributed by atoms with Gasteiger partial charge in [0.1, 0.15) is 5.69 Å². The molecule has 7 heteroatoms. The van der Waals surface area contributed by atoms with Crippen molar-refractivity contribution in [3.05, 3.63) is 29.4 Å². The summed E-state index contributed by atoms with van der Waals surface area (Å²) in [5, 5.41) is 6.13. The first-order valence-electron chi connectivity index (χ1n) is 8.68. The van der Waals surface area contributed by atoms with Crippen molar-refractivity contribution in [2.45, 2.75) is 25.8 Å². The average Bonchev–Trinajstić information content (AvgIpc) is 3.11. The van der Waals surface area contributed by atoms with Gasteiger partial charge in [-0.1, -0.05) is 0 Å². The molecule has 25 heavy (non-hydrogen) atoms. The lowest BCUT2D eigenvalue weighted by Crippen LogP contribution is -2.63. The molecule has 3 saturated heterocycles. The third-order valence-corrected chi connectivity index (χ3v) is 6.43. The number of hydrogen-bond acceptors (Lipinski definition) is 5. The minimum atomic E-state index is -0.176. The number of hydrazine groups is 1. The molecule has 0 radical (unpaired) electrons. The molecule has 2 aromatic heterocycles. The van der Waals surface area contributed by atoms with E-state index < -0.39 is 0 Å². The number of nitrogens with zero attached hydrogens (tertiary/aromatic N) is 4. The Morgan fingerprint density at radius 3 is 2.68 bits per heavy atom. The number of piperidine rings is 3. The molecular weight excluding hydrogens is 336 g/mol. The molecule has 5 heterocycles. The smallest absolute Gasteiger partial charge is 0.292 e. The summed E-state index contributed by atoms with van der Waals surface area (Å²) in [5.74, 6) is 0.131. The number of aromatic nitrogens is 1. The molecule has 132 valence electrons. The van der Waals surface area contributed by atoms with Crippen LogP contribution in [0.15, 0.2) is 23.7 Å². The van der Waals surface area contributed by atoms with Crippen LogP contribution in [-0.2, 0) is 4.79 Å². The number of thiophene rings is 1. The molecule has 2 aromatic rings. The summed E-state index contributed by atoms with van der Waals surface area (Å²) in [6.45, 7) is 4.51. The zero-order valence-corrected chi connectivity index (χ0v) is 15.3. The van der Waals surface area contributed by atoms with Gasteiger partial charge in [0.2, 0.25) is 5.91 Å². The van der Waals surface area contributed by atoms with Gasteiger partial charge in [-0.3, -0.25) is 14.6 Å². The van der Waals surface area contributed by atoms with Gasteiger partial charge < -0.3 is 4.90 Å². The Hall–Kier alpha value is -1.99. The predicted molar refractivity (Wildman–Crippen MR) is 97.2 cm³/mol. The first kappa shape index (κ1) is 16.5. The number of carbonyl (C=O) groups is 2. The summed E-state index contributed by atoms with van der Waals surface area (Å²) >= 11 is 1.52. The fourth-order valence-corrected chi connectivity index (χ4v) is 4.90. The number of rotatable bonds is 2. The molecule has 2 amide bonds. The molecule has 0 spiro atoms. The van der Waals surface area contributed by atoms with Gasteiger partial charge in [0.15, 0.2) is 0 Å². The predicted octanol–water partition coefficient (Wildman–Crippen LogP) is 2.23. The molecule has 1 atom stereocenters. The van der Waals surface area contributed by atoms with Crippen LogP contribution < -0.4 is 0 Å². The lowest BCUT2D eigenvalue weighted by molar-refractivity contribution is -0.148. The van der Waals surface area contributed by atoms with Crippen molar-refractivity contribution in [1.29, 1.82) is 0 Å². The van der Waals surface area contributed by atoms with E-state index in [0.29, 0.717) is 11.6 Å². The maximum atomic E-state index is 13.4. The van der Waals surface area contributed by atoms with Gasteiger partial charge in [-0.2, -0.15) is 0 Å². The van der Waals surface area contributed by atoms with Crippen LogP contribution in [0.5, 0.6) is 0 Å². The normalized spacial score (nSPS) is 25.1. The molecule has 3 fully saturated rings. The minimum Gasteiger partial charge on any atom is -0.301 e. The van der Waals surface area contributed by atoms with E-state index >= 15 is 0 Å². The molecule has 0 aromatic carbocycles. The van der Waals surface area contributed by atoms with E-state index in [1.807, 2.05) is 17.5 Å². The van der Waals surface area contributed by atoms with Crippen molar-refractivity contribution in [2.75, 3.05) is 26.7 Å². The largest absolute Gasteiger partial charge is 0.301 e. The van der Waals surface area contributed by atoms with E-state index in [2.05, 4.69) is 9.88 Å². The summed E-state index contributed by atoms with van der Waals surface area (Å²) < 4.78 is 0.885. The van der Waals surface area contributed by atoms with Crippen LogP contribution in [0.2, 0.25) is 0 Å². The van der Waals surface area contributed by atoms with Crippen molar-refractivity contribution in [1.82, 2.24) is 19.9 Å². The molecular formula is C18H22N4O2S. The Bertz CT molecular complexity index is 812. The second-order valence-corrected chi connectivity index (χ2v) is 7.81. The maximum absolute atomic E-state index is 13.4. The zero-order chi connectivity index (χ0) is 17.6. The Morgan fingerprint density at radius 1 is 1.28 bits per heavy atom. The minimum absolute atomic E-state index is 0.0286. The number of fused-ring (bicyclic) bond motifs is 4. The van der Waals surface area contributed by atoms with Gasteiger partial charge in [0.05, 0.1) is 10.7 Å². The van der Waals surface area contributed by atoms with E-state index in [1.54, 1.807) is 18.3 Å². The topological polar surface area (TPSA) is 56.8 Å². The first-order chi connectivity index (χ1) is 12.1. The Labute approximate surface area is 151 Å². The van der Waals surface area contributed by atoms with Crippen molar-refractivity contribution >= 4 is 33.2 Å². The highest BCUT2D eigenvalue weighted by atomic mass is 32.1. The van der Waals surface area contributed by atoms with Crippen LogP contribution in [0.4, 0.5) is 0 Å². The fourth-order valence-electron chi connectivity index (χ4n) is 4.03. The SMILES string of the molecule is CC(=O)N(C)N(C(=O)c1nccc2ccsc12)[C@H]1CN2CCC1CC2. The summed E-state index contributed by atoms with van der Waals surface area (Å²) in [5.41, 5.74) is 0.442. The quantitative estimate of drug-likeness (QED) is 0.773. The molecule has 2 bridgehead atoms. The molecule has 3 aliphatic heterocycles. The highest BCUT2D eigenvalue weighted by molar-refractivity contribution is 7.17. The van der Waals surface area contributed by atoms with Gasteiger partial charge in [-0.15, -0.1) is 11.3 Å². The lowest BCUT2D eigenvalue weighted by Gasteiger charge is -2.50. The third kappa shape index (κ3) is 2.81. The molecule has 0 saturated carbocycles. The molecule has 0 aliphatic carbocycles. The highest BCUT2D eigenvalue weighted by Gasteiger charge is 2.42. The Morgan fingerprint density at radius 2 is 2.04 bits per heavy atom. The third-order valence-electron chi connectivity index (χ3n) is 5.49. The lowest BCUT2D eigenvalue weighted by atomic mass is 9.83. The number of carbonyl (C=O) groups excluding carboxylic acids is 2. The van der Waals surface area contributed by atoms with Crippen LogP contribution in [-0.4, -0.2) is 64.4 Å². The number of pyridine rings is 1. The van der Waals surface area contributed by atoms with E-state index in [0.717, 1.165) is 42.6 Å². The van der Waals surface area contributed by atoms with Crippen molar-refractivity contribution in [2.24, 2.45) is 5.92 Å². The van der Waals surface area contributed by atoms with Crippen LogP contribution in [0.1, 0.15) is 30.3 Å². The second-order valence-electron chi connectivity index (χ2n) is 6.90.